The van der Waals surface area contributed by atoms with Crippen molar-refractivity contribution in [2.45, 2.75) is 71.4 Å². The number of imidazole rings is 2. The van der Waals surface area contributed by atoms with E-state index in [1.54, 1.807) is 37.2 Å². The summed E-state index contributed by atoms with van der Waals surface area (Å²) in [5.74, 6) is 6.79. The molecule has 56 heavy (non-hydrogen) atoms. The van der Waals surface area contributed by atoms with Crippen molar-refractivity contribution in [2.75, 3.05) is 40.9 Å². The summed E-state index contributed by atoms with van der Waals surface area (Å²) < 4.78 is 23.9. The van der Waals surface area contributed by atoms with Gasteiger partial charge in [-0.1, -0.05) is 38.7 Å². The lowest BCUT2D eigenvalue weighted by Gasteiger charge is -2.28. The van der Waals surface area contributed by atoms with E-state index in [1.807, 2.05) is 18.2 Å². The molecule has 1 aliphatic rings. The minimum Gasteiger partial charge on any atom is -0.471 e. The van der Waals surface area contributed by atoms with Crippen molar-refractivity contribution in [3.63, 3.8) is 0 Å². The molecule has 1 aliphatic heterocycles. The number of hydrogen-bond donors (Lipinski definition) is 5. The average Bonchev–Trinajstić information content (AvgIpc) is 3.96. The fourth-order valence-corrected chi connectivity index (χ4v) is 5.78. The van der Waals surface area contributed by atoms with E-state index < -0.39 is 18.0 Å². The van der Waals surface area contributed by atoms with Gasteiger partial charge in [0, 0.05) is 36.2 Å². The molecule has 2 aromatic heterocycles. The summed E-state index contributed by atoms with van der Waals surface area (Å²) in [7, 11) is 4.28. The first-order valence-electron chi connectivity index (χ1n) is 18.5. The van der Waals surface area contributed by atoms with Crippen LogP contribution >= 0.6 is 0 Å². The van der Waals surface area contributed by atoms with Gasteiger partial charge < -0.3 is 40.3 Å². The van der Waals surface area contributed by atoms with Crippen LogP contribution in [-0.4, -0.2) is 96.2 Å². The smallest absolute Gasteiger partial charge is 0.407 e. The molecule has 0 saturated carbocycles. The van der Waals surface area contributed by atoms with E-state index in [0.717, 1.165) is 48.1 Å². The molecule has 5 rings (SSSR count). The van der Waals surface area contributed by atoms with Crippen molar-refractivity contribution in [3.05, 3.63) is 83.3 Å². The quantitative estimate of drug-likeness (QED) is 0.0520. The summed E-state index contributed by atoms with van der Waals surface area (Å²) in [6.45, 7) is 11.6. The number of nitrogens with zero attached hydrogens (tertiary/aromatic N) is 3. The van der Waals surface area contributed by atoms with Crippen molar-refractivity contribution < 1.29 is 33.0 Å². The Hall–Kier alpha value is -6.01. The van der Waals surface area contributed by atoms with Gasteiger partial charge in [-0.15, -0.1) is 0 Å². The summed E-state index contributed by atoms with van der Waals surface area (Å²) in [5.41, 5.74) is 4.30. The molecule has 15 heteroatoms. The molecule has 300 valence electrons. The van der Waals surface area contributed by atoms with Crippen molar-refractivity contribution in [3.8, 4) is 23.1 Å². The topological polar surface area (TPSA) is 183 Å². The second kappa shape index (κ2) is 23.0. The van der Waals surface area contributed by atoms with Gasteiger partial charge in [-0.2, -0.15) is 0 Å². The van der Waals surface area contributed by atoms with Gasteiger partial charge in [0.1, 0.15) is 23.5 Å². The number of unbranched alkanes of at least 4 members (excludes halogenated alkanes) is 1. The number of aromatic nitrogens is 4. The van der Waals surface area contributed by atoms with Gasteiger partial charge in [-0.05, 0) is 81.6 Å². The van der Waals surface area contributed by atoms with E-state index in [9.17, 15) is 14.4 Å². The number of ether oxygens (including phenoxy) is 2. The number of amides is 3. The first kappa shape index (κ1) is 44.4. The number of likely N-dealkylation sites (N-methyl/N-ethyl adjacent to an activating group) is 1. The van der Waals surface area contributed by atoms with Crippen LogP contribution in [0.2, 0.25) is 0 Å². The molecular weight excluding hydrogens is 719 g/mol. The Morgan fingerprint density at radius 3 is 2.45 bits per heavy atom. The number of carbonyl (C=O) groups excluding carboxylic acids is 4. The zero-order chi connectivity index (χ0) is 41.0. The summed E-state index contributed by atoms with van der Waals surface area (Å²) in [6.07, 6.45) is 6.01. The van der Waals surface area contributed by atoms with Crippen molar-refractivity contribution >= 4 is 35.4 Å². The average molecular weight is 773 g/mol. The predicted molar refractivity (Wildman–Crippen MR) is 213 cm³/mol. The molecule has 3 amide bonds. The second-order valence-corrected chi connectivity index (χ2v) is 13.0. The summed E-state index contributed by atoms with van der Waals surface area (Å²) in [5, 5.41) is 8.24. The predicted octanol–water partition coefficient (Wildman–Crippen LogP) is 5.32. The monoisotopic (exact) mass is 772 g/mol. The van der Waals surface area contributed by atoms with Crippen molar-refractivity contribution in [1.29, 1.82) is 0 Å². The fraction of sp³-hybridized carbons (Fsp3) is 0.415. The van der Waals surface area contributed by atoms with E-state index in [4.69, 9.17) is 4.79 Å². The molecule has 5 N–H and O–H groups in total. The van der Waals surface area contributed by atoms with Gasteiger partial charge in [0.25, 0.3) is 6.47 Å². The number of rotatable bonds is 13. The van der Waals surface area contributed by atoms with Crippen molar-refractivity contribution in [2.24, 2.45) is 0 Å². The maximum atomic E-state index is 15.4. The summed E-state index contributed by atoms with van der Waals surface area (Å²) in [6, 6.07) is 9.22. The standard InChI is InChI=1S/C36H41FN8O4.C3H8.C2H4O2/c1-22(2)33(44-36(48)49-4)35(47)45-17-7-8-30(45)34-40-20-29(43-34)25-14-12-23(18-26(25)37)10-11-24-13-15-27-28(19-24)42-31(41-27)9-5-6-16-39-32(46)21-38-3;1-3-2;1-4-2-3/h12-15,18-20,30,33,38H,1,5-9,16-17,21H2,2-4H3,(H,39,46)(H,40,43)(H,41,42)(H,44,48);3H2,1-2H3;2H,1H3. The largest absolute Gasteiger partial charge is 0.471 e. The van der Waals surface area contributed by atoms with Crippen LogP contribution in [0, 0.1) is 17.7 Å². The van der Waals surface area contributed by atoms with E-state index in [1.165, 1.54) is 26.7 Å². The fourth-order valence-electron chi connectivity index (χ4n) is 5.78. The molecule has 3 heterocycles. The Kier molecular flexibility index (Phi) is 18.3. The van der Waals surface area contributed by atoms with Gasteiger partial charge in [0.05, 0.1) is 49.7 Å². The van der Waals surface area contributed by atoms with Crippen LogP contribution in [0.5, 0.6) is 0 Å². The molecular formula is C41H53FN8O6. The number of benzene rings is 2. The minimum absolute atomic E-state index is 0.0150. The summed E-state index contributed by atoms with van der Waals surface area (Å²) in [4.78, 5) is 63.0. The van der Waals surface area contributed by atoms with Crippen LogP contribution < -0.4 is 16.0 Å². The van der Waals surface area contributed by atoms with Gasteiger partial charge in [-0.25, -0.2) is 19.2 Å². The normalized spacial score (nSPS) is 13.5. The molecule has 0 spiro atoms. The number of alkyl carbamates (subject to hydrolysis) is 1. The van der Waals surface area contributed by atoms with Gasteiger partial charge >= 0.3 is 6.09 Å². The Morgan fingerprint density at radius 1 is 1.11 bits per heavy atom. The van der Waals surface area contributed by atoms with E-state index in [2.05, 4.69) is 77.6 Å². The van der Waals surface area contributed by atoms with Crippen LogP contribution in [0.3, 0.4) is 0 Å². The van der Waals surface area contributed by atoms with Crippen LogP contribution in [0.1, 0.15) is 81.7 Å². The molecule has 0 radical (unpaired) electrons. The Bertz CT molecular complexity index is 2000. The number of nitrogens with one attached hydrogen (secondary N) is 5. The lowest BCUT2D eigenvalue weighted by atomic mass is 10.1. The number of aromatic amines is 2. The number of methoxy groups -OCH3 is 2. The zero-order valence-corrected chi connectivity index (χ0v) is 33.0. The third-order valence-corrected chi connectivity index (χ3v) is 8.37. The van der Waals surface area contributed by atoms with E-state index >= 15 is 4.39 Å². The highest BCUT2D eigenvalue weighted by atomic mass is 19.1. The number of hydrogen-bond acceptors (Lipinski definition) is 9. The third-order valence-electron chi connectivity index (χ3n) is 8.37. The molecule has 2 unspecified atom stereocenters. The van der Waals surface area contributed by atoms with Crippen LogP contribution in [0.15, 0.2) is 54.7 Å². The highest BCUT2D eigenvalue weighted by Crippen LogP contribution is 2.33. The number of H-pyrrole nitrogens is 2. The number of halogens is 1. The maximum Gasteiger partial charge on any atom is 0.407 e. The molecule has 1 fully saturated rings. The molecule has 14 nitrogen and oxygen atoms in total. The first-order chi connectivity index (χ1) is 27.0. The van der Waals surface area contributed by atoms with Gasteiger partial charge in [-0.3, -0.25) is 14.4 Å². The summed E-state index contributed by atoms with van der Waals surface area (Å²) >= 11 is 0. The molecule has 0 bridgehead atoms. The maximum absolute atomic E-state index is 15.4. The Labute approximate surface area is 327 Å². The van der Waals surface area contributed by atoms with Crippen LogP contribution in [0.25, 0.3) is 22.3 Å². The number of aryl methyl sites for hydroxylation is 1. The Balaban J connectivity index is 0.00000111. The number of fused-ring (bicyclic) bond motifs is 1. The molecule has 2 aromatic carbocycles. The lowest BCUT2D eigenvalue weighted by molar-refractivity contribution is -0.133. The zero-order valence-electron chi connectivity index (χ0n) is 33.0. The van der Waals surface area contributed by atoms with E-state index in [-0.39, 0.29) is 17.9 Å². The Morgan fingerprint density at radius 2 is 1.80 bits per heavy atom. The first-order valence-corrected chi connectivity index (χ1v) is 18.5. The minimum atomic E-state index is -0.932. The SMILES string of the molecule is C=C(C)C(NC(=O)OC)C(=O)N1CCCC1c1ncc(-c2ccc(C#Cc3ccc4nc(CCCCNC(=O)CNC)[nH]c4c3)cc2F)[nH]1.CCC.COC=O. The molecule has 2 atom stereocenters. The molecule has 0 aliphatic carbocycles. The number of carbonyl (C=O) groups is 4. The number of likely N-dealkylation sites (tertiary alicyclic amines) is 1. The third kappa shape index (κ3) is 13.1. The van der Waals surface area contributed by atoms with Crippen LogP contribution in [0.4, 0.5) is 9.18 Å². The molecule has 4 aromatic rings. The highest BCUT2D eigenvalue weighted by Gasteiger charge is 2.36. The second-order valence-electron chi connectivity index (χ2n) is 13.0. The van der Waals surface area contributed by atoms with Gasteiger partial charge in [0.15, 0.2) is 0 Å². The highest BCUT2D eigenvalue weighted by molar-refractivity contribution is 5.89. The van der Waals surface area contributed by atoms with Crippen LogP contribution in [-0.2, 0) is 30.3 Å². The lowest BCUT2D eigenvalue weighted by Crippen LogP contribution is -2.49. The van der Waals surface area contributed by atoms with Gasteiger partial charge in [0.2, 0.25) is 11.8 Å². The molecule has 1 saturated heterocycles. The van der Waals surface area contributed by atoms with Crippen molar-refractivity contribution in [1.82, 2.24) is 40.8 Å². The van der Waals surface area contributed by atoms with E-state index in [0.29, 0.717) is 60.7 Å².